The Morgan fingerprint density at radius 3 is 1.33 bits per heavy atom. The fraction of sp³-hybridized carbons (Fsp3) is 0.0500. The van der Waals surface area contributed by atoms with Gasteiger partial charge in [0.2, 0.25) is 0 Å². The van der Waals surface area contributed by atoms with Crippen molar-refractivity contribution in [3.05, 3.63) is 156 Å². The van der Waals surface area contributed by atoms with Crippen LogP contribution in [-0.4, -0.2) is 21.8 Å². The van der Waals surface area contributed by atoms with Crippen molar-refractivity contribution in [1.82, 2.24) is 9.97 Å². The molecular weight excluding hydrogens is 568 g/mol. The monoisotopic (exact) mass is 598 g/mol. The van der Waals surface area contributed by atoms with Crippen LogP contribution in [0.25, 0.3) is 44.3 Å². The topological polar surface area (TPSA) is 84.0 Å². The van der Waals surface area contributed by atoms with E-state index in [0.29, 0.717) is 33.9 Å². The number of rotatable bonds is 6. The van der Waals surface area contributed by atoms with Gasteiger partial charge in [0.05, 0.1) is 44.9 Å². The molecule has 46 heavy (non-hydrogen) atoms. The van der Waals surface area contributed by atoms with E-state index in [0.717, 1.165) is 44.1 Å². The molecule has 5 aromatic carbocycles. The first-order valence-corrected chi connectivity index (χ1v) is 15.1. The fourth-order valence-electron chi connectivity index (χ4n) is 5.71. The molecule has 2 amide bonds. The summed E-state index contributed by atoms with van der Waals surface area (Å²) in [5, 5.41) is 7.59. The number of pyridine rings is 2. The number of carbonyl (C=O) groups is 2. The zero-order valence-corrected chi connectivity index (χ0v) is 25.4. The van der Waals surface area contributed by atoms with Gasteiger partial charge in [-0.05, 0) is 62.4 Å². The smallest absolute Gasteiger partial charge is 0.256 e. The lowest BCUT2D eigenvalue weighted by atomic mass is 10.0. The third-order valence-electron chi connectivity index (χ3n) is 7.97. The molecule has 7 rings (SSSR count). The molecule has 0 spiro atoms. The van der Waals surface area contributed by atoms with E-state index in [-0.39, 0.29) is 11.8 Å². The zero-order chi connectivity index (χ0) is 31.6. The molecule has 2 N–H and O–H groups in total. The van der Waals surface area contributed by atoms with Crippen molar-refractivity contribution < 1.29 is 9.59 Å². The summed E-state index contributed by atoms with van der Waals surface area (Å²) >= 11 is 0. The maximum atomic E-state index is 13.9. The molecule has 0 bridgehead atoms. The van der Waals surface area contributed by atoms with Gasteiger partial charge in [0, 0.05) is 21.9 Å². The molecule has 0 saturated heterocycles. The Morgan fingerprint density at radius 1 is 0.478 bits per heavy atom. The van der Waals surface area contributed by atoms with Crippen LogP contribution < -0.4 is 10.6 Å². The number of fused-ring (bicyclic) bond motifs is 2. The van der Waals surface area contributed by atoms with Crippen molar-refractivity contribution >= 4 is 45.0 Å². The van der Waals surface area contributed by atoms with E-state index in [2.05, 4.69) is 22.8 Å². The number of aryl methyl sites for hydroxylation is 2. The quantitative estimate of drug-likeness (QED) is 0.200. The van der Waals surface area contributed by atoms with E-state index >= 15 is 0 Å². The van der Waals surface area contributed by atoms with Crippen LogP contribution in [0.15, 0.2) is 133 Å². The molecule has 2 heterocycles. The average Bonchev–Trinajstić information content (AvgIpc) is 3.08. The highest BCUT2D eigenvalue weighted by molar-refractivity contribution is 6.17. The average molecular weight is 599 g/mol. The van der Waals surface area contributed by atoms with Gasteiger partial charge in [-0.25, -0.2) is 9.97 Å². The third kappa shape index (κ3) is 5.72. The minimum Gasteiger partial charge on any atom is -0.320 e. The second kappa shape index (κ2) is 12.1. The van der Waals surface area contributed by atoms with E-state index in [1.807, 2.05) is 123 Å². The lowest BCUT2D eigenvalue weighted by molar-refractivity contribution is 0.101. The number of anilines is 2. The molecule has 0 saturated carbocycles. The molecule has 0 aliphatic heterocycles. The van der Waals surface area contributed by atoms with Crippen molar-refractivity contribution in [2.75, 3.05) is 10.6 Å². The van der Waals surface area contributed by atoms with Gasteiger partial charge in [-0.3, -0.25) is 9.59 Å². The van der Waals surface area contributed by atoms with Crippen LogP contribution in [0, 0.1) is 13.8 Å². The maximum Gasteiger partial charge on any atom is 0.256 e. The molecule has 2 aromatic heterocycles. The molecular formula is C40H30N4O2. The zero-order valence-electron chi connectivity index (χ0n) is 25.4. The third-order valence-corrected chi connectivity index (χ3v) is 7.97. The number of hydrogen-bond acceptors (Lipinski definition) is 4. The highest BCUT2D eigenvalue weighted by Crippen LogP contribution is 2.30. The van der Waals surface area contributed by atoms with Crippen LogP contribution in [0.5, 0.6) is 0 Å². The van der Waals surface area contributed by atoms with E-state index in [9.17, 15) is 9.59 Å². The van der Waals surface area contributed by atoms with E-state index in [1.165, 1.54) is 0 Å². The van der Waals surface area contributed by atoms with Crippen LogP contribution >= 0.6 is 0 Å². The van der Waals surface area contributed by atoms with E-state index in [4.69, 9.17) is 9.97 Å². The Hall–Kier alpha value is -6.14. The first kappa shape index (κ1) is 28.6. The summed E-state index contributed by atoms with van der Waals surface area (Å²) < 4.78 is 0. The molecule has 0 aliphatic carbocycles. The largest absolute Gasteiger partial charge is 0.320 e. The second-order valence-corrected chi connectivity index (χ2v) is 11.3. The van der Waals surface area contributed by atoms with Crippen LogP contribution in [0.4, 0.5) is 11.4 Å². The van der Waals surface area contributed by atoms with Gasteiger partial charge in [0.25, 0.3) is 11.8 Å². The summed E-state index contributed by atoms with van der Waals surface area (Å²) in [6.45, 7) is 4.06. The Labute approximate surface area is 266 Å². The number of nitrogens with one attached hydrogen (secondary N) is 2. The van der Waals surface area contributed by atoms with Gasteiger partial charge in [-0.1, -0.05) is 96.1 Å². The van der Waals surface area contributed by atoms with Crippen LogP contribution in [0.1, 0.15) is 31.8 Å². The molecule has 0 unspecified atom stereocenters. The highest BCUT2D eigenvalue weighted by atomic mass is 16.2. The van der Waals surface area contributed by atoms with Gasteiger partial charge >= 0.3 is 0 Å². The van der Waals surface area contributed by atoms with Gasteiger partial charge in [0.15, 0.2) is 0 Å². The first-order valence-electron chi connectivity index (χ1n) is 15.1. The minimum atomic E-state index is -0.301. The molecule has 222 valence electrons. The summed E-state index contributed by atoms with van der Waals surface area (Å²) in [4.78, 5) is 37.5. The fourth-order valence-corrected chi connectivity index (χ4v) is 5.71. The van der Waals surface area contributed by atoms with Crippen molar-refractivity contribution in [3.8, 4) is 22.5 Å². The first-order chi connectivity index (χ1) is 22.4. The van der Waals surface area contributed by atoms with Gasteiger partial charge < -0.3 is 10.6 Å². The lowest BCUT2D eigenvalue weighted by Crippen LogP contribution is -2.17. The summed E-state index contributed by atoms with van der Waals surface area (Å²) in [7, 11) is 0. The number of benzene rings is 5. The Bertz CT molecular complexity index is 2130. The van der Waals surface area contributed by atoms with Crippen LogP contribution in [0.2, 0.25) is 0 Å². The number of amides is 2. The van der Waals surface area contributed by atoms with Gasteiger partial charge in [-0.15, -0.1) is 0 Å². The van der Waals surface area contributed by atoms with Crippen molar-refractivity contribution in [1.29, 1.82) is 0 Å². The number of para-hydroxylation sites is 4. The molecule has 6 nitrogen and oxygen atoms in total. The number of hydrogen-bond donors (Lipinski definition) is 2. The predicted molar refractivity (Wildman–Crippen MR) is 186 cm³/mol. The minimum absolute atomic E-state index is 0.301. The molecule has 7 aromatic rings. The number of nitrogens with zero attached hydrogens (tertiary/aromatic N) is 2. The summed E-state index contributed by atoms with van der Waals surface area (Å²) in [6.07, 6.45) is 0. The second-order valence-electron chi connectivity index (χ2n) is 11.3. The summed E-state index contributed by atoms with van der Waals surface area (Å²) in [5.74, 6) is -0.601. The molecule has 0 aliphatic rings. The van der Waals surface area contributed by atoms with Crippen molar-refractivity contribution in [3.63, 3.8) is 0 Å². The standard InChI is InChI=1S/C40H30N4O2/c1-25-11-9-13-27(21-25)37-23-31(29-15-3-5-17-33(29)41-37)39(45)43-35-19-7-8-20-36(35)44-40(46)32-24-38(28-14-10-12-26(2)22-28)42-34-18-6-4-16-30(32)34/h3-24H,1-2H3,(H,43,45)(H,44,46). The SMILES string of the molecule is Cc1cccc(-c2cc(C(=O)Nc3ccccc3NC(=O)c3cc(-c4cccc(C)c4)nc4ccccc34)c3ccccc3n2)c1. The molecule has 0 radical (unpaired) electrons. The van der Waals surface area contributed by atoms with Crippen LogP contribution in [-0.2, 0) is 0 Å². The van der Waals surface area contributed by atoms with Crippen LogP contribution in [0.3, 0.4) is 0 Å². The summed E-state index contributed by atoms with van der Waals surface area (Å²) in [5.41, 5.74) is 8.90. The lowest BCUT2D eigenvalue weighted by Gasteiger charge is -2.15. The van der Waals surface area contributed by atoms with E-state index < -0.39 is 0 Å². The molecule has 6 heteroatoms. The molecule has 0 atom stereocenters. The van der Waals surface area contributed by atoms with Crippen molar-refractivity contribution in [2.45, 2.75) is 13.8 Å². The molecule has 0 fully saturated rings. The maximum absolute atomic E-state index is 13.9. The Kier molecular flexibility index (Phi) is 7.53. The Morgan fingerprint density at radius 2 is 0.891 bits per heavy atom. The van der Waals surface area contributed by atoms with Gasteiger partial charge in [-0.2, -0.15) is 0 Å². The summed E-state index contributed by atoms with van der Waals surface area (Å²) in [6, 6.07) is 42.2. The Balaban J connectivity index is 1.23. The van der Waals surface area contributed by atoms with Crippen molar-refractivity contribution in [2.24, 2.45) is 0 Å². The number of aromatic nitrogens is 2. The van der Waals surface area contributed by atoms with E-state index in [1.54, 1.807) is 12.1 Å². The highest BCUT2D eigenvalue weighted by Gasteiger charge is 2.19. The predicted octanol–water partition coefficient (Wildman–Crippen LogP) is 9.24. The number of carbonyl (C=O) groups excluding carboxylic acids is 2. The normalized spacial score (nSPS) is 11.0. The van der Waals surface area contributed by atoms with Gasteiger partial charge in [0.1, 0.15) is 0 Å².